The normalized spacial score (nSPS) is 51.1. The van der Waals surface area contributed by atoms with Crippen molar-refractivity contribution in [2.24, 2.45) is 23.2 Å². The van der Waals surface area contributed by atoms with Gasteiger partial charge in [0.25, 0.3) is 0 Å². The lowest BCUT2D eigenvalue weighted by molar-refractivity contribution is -0.00298. The fourth-order valence-electron chi connectivity index (χ4n) is 4.63. The molecule has 3 aliphatic rings. The third-order valence-electron chi connectivity index (χ3n) is 5.60. The summed E-state index contributed by atoms with van der Waals surface area (Å²) >= 11 is 0. The average Bonchev–Trinajstić information content (AvgIpc) is 2.67. The van der Waals surface area contributed by atoms with Crippen molar-refractivity contribution in [1.29, 1.82) is 0 Å². The Morgan fingerprint density at radius 3 is 2.81 bits per heavy atom. The van der Waals surface area contributed by atoms with E-state index in [-0.39, 0.29) is 0 Å². The van der Waals surface area contributed by atoms with E-state index in [1.807, 2.05) is 0 Å². The molecule has 1 aliphatic carbocycles. The van der Waals surface area contributed by atoms with Crippen LogP contribution in [0.1, 0.15) is 46.5 Å². The zero-order valence-corrected chi connectivity index (χ0v) is 10.8. The highest BCUT2D eigenvalue weighted by molar-refractivity contribution is 5.20. The minimum absolute atomic E-state index is 0.388. The van der Waals surface area contributed by atoms with Crippen LogP contribution >= 0.6 is 0 Å². The molecule has 0 amide bonds. The third-order valence-corrected chi connectivity index (χ3v) is 5.60. The van der Waals surface area contributed by atoms with Crippen LogP contribution in [0.3, 0.4) is 0 Å². The smallest absolute Gasteiger partial charge is 0.0823 e. The van der Waals surface area contributed by atoms with Crippen LogP contribution in [0.15, 0.2) is 12.2 Å². The summed E-state index contributed by atoms with van der Waals surface area (Å²) in [5, 5.41) is 0. The first-order chi connectivity index (χ1) is 7.54. The predicted molar refractivity (Wildman–Crippen MR) is 66.2 cm³/mol. The lowest BCUT2D eigenvalue weighted by Crippen LogP contribution is -2.31. The van der Waals surface area contributed by atoms with E-state index >= 15 is 0 Å². The first kappa shape index (κ1) is 10.8. The summed E-state index contributed by atoms with van der Waals surface area (Å²) in [7, 11) is 0. The summed E-state index contributed by atoms with van der Waals surface area (Å²) in [5.41, 5.74) is 1.83. The fraction of sp³-hybridized carbons (Fsp3) is 0.867. The molecule has 1 nitrogen and oxygen atoms in total. The SMILES string of the molecule is C=C1CC[C@H]2O[C@@H]1C1[C@H](C(C)C)CC[C@]12C. The molecule has 2 bridgehead atoms. The molecule has 3 rings (SSSR count). The summed E-state index contributed by atoms with van der Waals surface area (Å²) in [5.74, 6) is 2.41. The maximum atomic E-state index is 6.26. The molecule has 0 radical (unpaired) electrons. The van der Waals surface area contributed by atoms with Crippen LogP contribution in [-0.4, -0.2) is 12.2 Å². The van der Waals surface area contributed by atoms with Crippen LogP contribution < -0.4 is 0 Å². The van der Waals surface area contributed by atoms with Crippen molar-refractivity contribution < 1.29 is 4.74 Å². The molecule has 0 N–H and O–H groups in total. The van der Waals surface area contributed by atoms with Gasteiger partial charge in [-0.25, -0.2) is 0 Å². The zero-order chi connectivity index (χ0) is 11.5. The summed E-state index contributed by atoms with van der Waals surface area (Å²) in [6.45, 7) is 11.5. The van der Waals surface area contributed by atoms with Gasteiger partial charge >= 0.3 is 0 Å². The van der Waals surface area contributed by atoms with Gasteiger partial charge in [-0.1, -0.05) is 27.4 Å². The summed E-state index contributed by atoms with van der Waals surface area (Å²) in [4.78, 5) is 0. The average molecular weight is 220 g/mol. The molecule has 1 unspecified atom stereocenters. The van der Waals surface area contributed by atoms with E-state index in [9.17, 15) is 0 Å². The zero-order valence-electron chi connectivity index (χ0n) is 10.8. The number of ether oxygens (including phenoxy) is 1. The standard InChI is InChI=1S/C15H24O/c1-9(2)11-7-8-15(4)12-6-5-10(3)14(16-12)13(11)15/h9,11-14H,3,5-8H2,1-2,4H3/t11-,12+,13?,14-,15-/m0/s1. The highest BCUT2D eigenvalue weighted by Crippen LogP contribution is 2.62. The first-order valence-corrected chi connectivity index (χ1v) is 6.87. The van der Waals surface area contributed by atoms with E-state index in [0.717, 1.165) is 17.8 Å². The van der Waals surface area contributed by atoms with Crippen LogP contribution in [0.4, 0.5) is 0 Å². The van der Waals surface area contributed by atoms with E-state index in [0.29, 0.717) is 17.6 Å². The van der Waals surface area contributed by atoms with Crippen molar-refractivity contribution in [2.45, 2.75) is 58.7 Å². The van der Waals surface area contributed by atoms with Crippen molar-refractivity contribution in [3.8, 4) is 0 Å². The monoisotopic (exact) mass is 220 g/mol. The van der Waals surface area contributed by atoms with Gasteiger partial charge < -0.3 is 4.74 Å². The Morgan fingerprint density at radius 1 is 1.38 bits per heavy atom. The Labute approximate surface area is 99.3 Å². The van der Waals surface area contributed by atoms with Crippen molar-refractivity contribution >= 4 is 0 Å². The number of rotatable bonds is 1. The molecule has 2 heterocycles. The topological polar surface area (TPSA) is 9.23 Å². The van der Waals surface area contributed by atoms with Gasteiger partial charge in [0.15, 0.2) is 0 Å². The van der Waals surface area contributed by atoms with Crippen molar-refractivity contribution in [3.05, 3.63) is 12.2 Å². The van der Waals surface area contributed by atoms with Gasteiger partial charge in [0.2, 0.25) is 0 Å². The molecule has 2 aliphatic heterocycles. The van der Waals surface area contributed by atoms with E-state index in [4.69, 9.17) is 4.74 Å². The molecule has 1 heteroatoms. The van der Waals surface area contributed by atoms with Crippen LogP contribution in [0.25, 0.3) is 0 Å². The van der Waals surface area contributed by atoms with E-state index in [2.05, 4.69) is 27.4 Å². The second kappa shape index (κ2) is 3.35. The van der Waals surface area contributed by atoms with Crippen LogP contribution in [0.2, 0.25) is 0 Å². The fourth-order valence-corrected chi connectivity index (χ4v) is 4.63. The van der Waals surface area contributed by atoms with Gasteiger partial charge in [0.1, 0.15) is 0 Å². The maximum absolute atomic E-state index is 6.26. The molecule has 0 aromatic rings. The second-order valence-electron chi connectivity index (χ2n) is 6.72. The maximum Gasteiger partial charge on any atom is 0.0823 e. The molecule has 3 fully saturated rings. The van der Waals surface area contributed by atoms with Gasteiger partial charge in [0.05, 0.1) is 12.2 Å². The molecule has 0 spiro atoms. The predicted octanol–water partition coefficient (Wildman–Crippen LogP) is 3.79. The largest absolute Gasteiger partial charge is 0.370 e. The number of hydrogen-bond donors (Lipinski definition) is 0. The van der Waals surface area contributed by atoms with Crippen molar-refractivity contribution in [3.63, 3.8) is 0 Å². The molecular formula is C15H24O. The molecule has 5 atom stereocenters. The highest BCUT2D eigenvalue weighted by Gasteiger charge is 2.61. The Balaban J connectivity index is 1.98. The molecule has 2 saturated heterocycles. The van der Waals surface area contributed by atoms with Crippen LogP contribution in [0, 0.1) is 23.2 Å². The Kier molecular flexibility index (Phi) is 2.27. The van der Waals surface area contributed by atoms with E-state index in [1.165, 1.54) is 31.3 Å². The molecule has 1 saturated carbocycles. The Hall–Kier alpha value is -0.300. The summed E-state index contributed by atoms with van der Waals surface area (Å²) in [6, 6.07) is 0. The third kappa shape index (κ3) is 1.21. The van der Waals surface area contributed by atoms with E-state index < -0.39 is 0 Å². The lowest BCUT2D eigenvalue weighted by atomic mass is 9.71. The van der Waals surface area contributed by atoms with Crippen molar-refractivity contribution in [1.82, 2.24) is 0 Å². The van der Waals surface area contributed by atoms with Gasteiger partial charge in [-0.05, 0) is 54.4 Å². The molecule has 90 valence electrons. The molecule has 0 aromatic carbocycles. The van der Waals surface area contributed by atoms with Crippen LogP contribution in [0.5, 0.6) is 0 Å². The summed E-state index contributed by atoms with van der Waals surface area (Å²) in [6.07, 6.45) is 6.10. The molecular weight excluding hydrogens is 196 g/mol. The number of hydrogen-bond acceptors (Lipinski definition) is 1. The second-order valence-corrected chi connectivity index (χ2v) is 6.72. The first-order valence-electron chi connectivity index (χ1n) is 6.87. The van der Waals surface area contributed by atoms with Crippen LogP contribution in [-0.2, 0) is 4.74 Å². The highest BCUT2D eigenvalue weighted by atomic mass is 16.5. The van der Waals surface area contributed by atoms with Crippen molar-refractivity contribution in [2.75, 3.05) is 0 Å². The summed E-state index contributed by atoms with van der Waals surface area (Å²) < 4.78 is 6.26. The van der Waals surface area contributed by atoms with Gasteiger partial charge in [-0.15, -0.1) is 0 Å². The van der Waals surface area contributed by atoms with Gasteiger partial charge in [-0.3, -0.25) is 0 Å². The molecule has 0 aromatic heterocycles. The molecule has 16 heavy (non-hydrogen) atoms. The van der Waals surface area contributed by atoms with Gasteiger partial charge in [0, 0.05) is 0 Å². The number of fused-ring (bicyclic) bond motifs is 5. The lowest BCUT2D eigenvalue weighted by Gasteiger charge is -2.31. The minimum atomic E-state index is 0.388. The minimum Gasteiger partial charge on any atom is -0.370 e. The quantitative estimate of drug-likeness (QED) is 0.611. The van der Waals surface area contributed by atoms with Gasteiger partial charge in [-0.2, -0.15) is 0 Å². The Bertz CT molecular complexity index is 319. The Morgan fingerprint density at radius 2 is 2.12 bits per heavy atom. The van der Waals surface area contributed by atoms with E-state index in [1.54, 1.807) is 0 Å².